The molecule has 0 saturated carbocycles. The van der Waals surface area contributed by atoms with Crippen molar-refractivity contribution in [1.29, 1.82) is 0 Å². The van der Waals surface area contributed by atoms with Crippen molar-refractivity contribution in [2.75, 3.05) is 5.32 Å². The number of hydrogen-bond acceptors (Lipinski definition) is 6. The number of hydrogen-bond donors (Lipinski definition) is 2. The summed E-state index contributed by atoms with van der Waals surface area (Å²) in [6, 6.07) is 13.2. The monoisotopic (exact) mass is 538 g/mol. The Labute approximate surface area is 211 Å². The summed E-state index contributed by atoms with van der Waals surface area (Å²) in [7, 11) is 0. The van der Waals surface area contributed by atoms with Gasteiger partial charge in [-0.3, -0.25) is 4.79 Å². The second-order valence-electron chi connectivity index (χ2n) is 7.14. The van der Waals surface area contributed by atoms with E-state index in [1.54, 1.807) is 35.7 Å². The van der Waals surface area contributed by atoms with Gasteiger partial charge in [-0.2, -0.15) is 18.3 Å². The Balaban J connectivity index is 1.31. The number of rotatable bonds is 7. The predicted molar refractivity (Wildman–Crippen MR) is 130 cm³/mol. The van der Waals surface area contributed by atoms with Gasteiger partial charge in [0.2, 0.25) is 5.91 Å². The lowest BCUT2D eigenvalue weighted by atomic mass is 10.2. The van der Waals surface area contributed by atoms with Gasteiger partial charge in [-0.05, 0) is 48.5 Å². The summed E-state index contributed by atoms with van der Waals surface area (Å²) in [5, 5.41) is 9.62. The van der Waals surface area contributed by atoms with Crippen LogP contribution in [0.5, 0.6) is 0 Å². The first-order chi connectivity index (χ1) is 16.7. The maximum Gasteiger partial charge on any atom is 0.416 e. The van der Waals surface area contributed by atoms with Crippen LogP contribution in [0.4, 0.5) is 24.0 Å². The molecule has 0 aliphatic carbocycles. The summed E-state index contributed by atoms with van der Waals surface area (Å²) in [6.07, 6.45) is -3.17. The smallest absolute Gasteiger partial charge is 0.416 e. The lowest BCUT2D eigenvalue weighted by Gasteiger charge is -2.08. The van der Waals surface area contributed by atoms with Gasteiger partial charge < -0.3 is 9.73 Å². The van der Waals surface area contributed by atoms with E-state index in [0.717, 1.165) is 12.1 Å². The summed E-state index contributed by atoms with van der Waals surface area (Å²) in [5.74, 6) is 0.486. The number of nitrogens with zero attached hydrogens (tertiary/aromatic N) is 2. The molecule has 0 atom stereocenters. The molecule has 0 aliphatic rings. The van der Waals surface area contributed by atoms with Crippen molar-refractivity contribution in [3.63, 3.8) is 0 Å². The second-order valence-corrected chi connectivity index (χ2v) is 8.85. The maximum atomic E-state index is 12.9. The van der Waals surface area contributed by atoms with Crippen LogP contribution in [0.1, 0.15) is 17.0 Å². The molecule has 0 fully saturated rings. The lowest BCUT2D eigenvalue weighted by molar-refractivity contribution is -0.137. The van der Waals surface area contributed by atoms with Crippen molar-refractivity contribution in [3.05, 3.63) is 87.0 Å². The van der Waals surface area contributed by atoms with Crippen molar-refractivity contribution in [2.24, 2.45) is 5.10 Å². The van der Waals surface area contributed by atoms with E-state index >= 15 is 0 Å². The fraction of sp³-hybridized carbons (Fsp3) is 0.0870. The third kappa shape index (κ3) is 6.62. The minimum absolute atomic E-state index is 0.0676. The highest BCUT2D eigenvalue weighted by Gasteiger charge is 2.30. The highest BCUT2D eigenvalue weighted by atomic mass is 35.5. The number of furan rings is 1. The average molecular weight is 539 g/mol. The van der Waals surface area contributed by atoms with Gasteiger partial charge in [-0.15, -0.1) is 11.3 Å². The van der Waals surface area contributed by atoms with Gasteiger partial charge in [0.15, 0.2) is 5.13 Å². The molecule has 2 aromatic heterocycles. The Morgan fingerprint density at radius 3 is 2.74 bits per heavy atom. The Bertz CT molecular complexity index is 1390. The van der Waals surface area contributed by atoms with Crippen molar-refractivity contribution in [2.45, 2.75) is 12.6 Å². The van der Waals surface area contributed by atoms with Gasteiger partial charge in [0.05, 0.1) is 28.9 Å². The van der Waals surface area contributed by atoms with Crippen LogP contribution < -0.4 is 10.7 Å². The van der Waals surface area contributed by atoms with Crippen molar-refractivity contribution < 1.29 is 22.4 Å². The number of nitrogens with one attached hydrogen (secondary N) is 2. The zero-order valence-corrected chi connectivity index (χ0v) is 19.9. The molecule has 4 aromatic rings. The molecule has 0 aliphatic heterocycles. The average Bonchev–Trinajstić information content (AvgIpc) is 3.43. The van der Waals surface area contributed by atoms with Crippen LogP contribution in [0.2, 0.25) is 10.0 Å². The van der Waals surface area contributed by atoms with E-state index in [2.05, 4.69) is 20.8 Å². The van der Waals surface area contributed by atoms with Gasteiger partial charge in [0, 0.05) is 21.7 Å². The molecule has 2 N–H and O–H groups in total. The predicted octanol–water partition coefficient (Wildman–Crippen LogP) is 7.17. The highest BCUT2D eigenvalue weighted by Crippen LogP contribution is 2.32. The molecule has 0 unspecified atom stereocenters. The molecule has 180 valence electrons. The maximum absolute atomic E-state index is 12.9. The standard InChI is InChI=1S/C23H15Cl2F3N4O2S/c24-14-4-6-18(19(25)9-14)20-7-5-17(34-20)11-29-32-21(33)10-16-12-35-22(31-16)30-15-3-1-2-13(8-15)23(26,27)28/h1-9,11-12H,10H2,(H,30,31)(H,32,33). The molecule has 4 rings (SSSR count). The summed E-state index contributed by atoms with van der Waals surface area (Å²) in [6.45, 7) is 0. The number of carbonyl (C=O) groups excluding carboxylic acids is 1. The van der Waals surface area contributed by atoms with E-state index in [9.17, 15) is 18.0 Å². The molecule has 0 radical (unpaired) electrons. The SMILES string of the molecule is O=C(Cc1csc(Nc2cccc(C(F)(F)F)c2)n1)NN=Cc1ccc(-c2ccc(Cl)cc2Cl)o1. The zero-order chi connectivity index (χ0) is 25.0. The lowest BCUT2D eigenvalue weighted by Crippen LogP contribution is -2.19. The second kappa shape index (κ2) is 10.5. The Morgan fingerprint density at radius 1 is 1.14 bits per heavy atom. The first kappa shape index (κ1) is 24.8. The molecule has 2 aromatic carbocycles. The number of carbonyl (C=O) groups is 1. The third-order valence-corrected chi connectivity index (χ3v) is 5.89. The molecule has 12 heteroatoms. The van der Waals surface area contributed by atoms with Crippen LogP contribution in [0.3, 0.4) is 0 Å². The molecule has 35 heavy (non-hydrogen) atoms. The van der Waals surface area contributed by atoms with Crippen molar-refractivity contribution in [3.8, 4) is 11.3 Å². The van der Waals surface area contributed by atoms with Gasteiger partial charge in [0.25, 0.3) is 0 Å². The number of alkyl halides is 3. The fourth-order valence-corrected chi connectivity index (χ4v) is 4.20. The van der Waals surface area contributed by atoms with Crippen LogP contribution in [0, 0.1) is 0 Å². The summed E-state index contributed by atoms with van der Waals surface area (Å²) in [4.78, 5) is 16.4. The quantitative estimate of drug-likeness (QED) is 0.193. The van der Waals surface area contributed by atoms with Crippen LogP contribution in [0.25, 0.3) is 11.3 Å². The summed E-state index contributed by atoms with van der Waals surface area (Å²) >= 11 is 13.2. The van der Waals surface area contributed by atoms with Gasteiger partial charge in [0.1, 0.15) is 11.5 Å². The van der Waals surface area contributed by atoms with Crippen LogP contribution in [0.15, 0.2) is 69.5 Å². The minimum Gasteiger partial charge on any atom is -0.455 e. The molecule has 1 amide bonds. The number of benzene rings is 2. The third-order valence-electron chi connectivity index (χ3n) is 4.54. The molecular weight excluding hydrogens is 524 g/mol. The summed E-state index contributed by atoms with van der Waals surface area (Å²) < 4.78 is 44.2. The molecule has 0 saturated heterocycles. The van der Waals surface area contributed by atoms with Gasteiger partial charge in [-0.1, -0.05) is 29.3 Å². The van der Waals surface area contributed by atoms with Crippen LogP contribution in [-0.2, 0) is 17.4 Å². The van der Waals surface area contributed by atoms with E-state index in [1.807, 2.05) is 0 Å². The van der Waals surface area contributed by atoms with Gasteiger partial charge in [-0.25, -0.2) is 10.4 Å². The Kier molecular flexibility index (Phi) is 7.44. The number of amides is 1. The van der Waals surface area contributed by atoms with Crippen LogP contribution >= 0.6 is 34.5 Å². The van der Waals surface area contributed by atoms with E-state index in [1.165, 1.54) is 29.7 Å². The zero-order valence-electron chi connectivity index (χ0n) is 17.6. The normalized spacial score (nSPS) is 11.7. The molecule has 0 spiro atoms. The topological polar surface area (TPSA) is 79.5 Å². The number of thiazole rings is 1. The van der Waals surface area contributed by atoms with Crippen LogP contribution in [-0.4, -0.2) is 17.1 Å². The van der Waals surface area contributed by atoms with Crippen molar-refractivity contribution >= 4 is 57.5 Å². The largest absolute Gasteiger partial charge is 0.455 e. The van der Waals surface area contributed by atoms with E-state index in [4.69, 9.17) is 27.6 Å². The first-order valence-electron chi connectivity index (χ1n) is 9.93. The van der Waals surface area contributed by atoms with Crippen molar-refractivity contribution in [1.82, 2.24) is 10.4 Å². The number of aromatic nitrogens is 1. The van der Waals surface area contributed by atoms with E-state index in [-0.39, 0.29) is 12.1 Å². The highest BCUT2D eigenvalue weighted by molar-refractivity contribution is 7.13. The number of halogens is 5. The first-order valence-corrected chi connectivity index (χ1v) is 11.6. The van der Waals surface area contributed by atoms with Gasteiger partial charge >= 0.3 is 6.18 Å². The Morgan fingerprint density at radius 2 is 1.97 bits per heavy atom. The summed E-state index contributed by atoms with van der Waals surface area (Å²) in [5.41, 5.74) is 2.96. The Hall–Kier alpha value is -3.34. The number of anilines is 2. The minimum atomic E-state index is -4.44. The van der Waals surface area contributed by atoms with E-state index < -0.39 is 17.6 Å². The molecule has 6 nitrogen and oxygen atoms in total. The number of hydrazone groups is 1. The molecule has 2 heterocycles. The molecular formula is C23H15Cl2F3N4O2S. The van der Waals surface area contributed by atoms with E-state index in [0.29, 0.717) is 38.0 Å². The molecule has 0 bridgehead atoms. The fourth-order valence-electron chi connectivity index (χ4n) is 2.97.